The third kappa shape index (κ3) is 2.38. The number of aliphatic hydroxyl groups excluding tert-OH is 1. The minimum Gasteiger partial charge on any atom is -0.496 e. The van der Waals surface area contributed by atoms with Crippen LogP contribution in [0.3, 0.4) is 0 Å². The van der Waals surface area contributed by atoms with Gasteiger partial charge in [0, 0.05) is 5.02 Å². The Morgan fingerprint density at radius 1 is 1.47 bits per heavy atom. The van der Waals surface area contributed by atoms with Gasteiger partial charge in [-0.3, -0.25) is 0 Å². The Morgan fingerprint density at radius 3 is 2.53 bits per heavy atom. The molecule has 0 aliphatic heterocycles. The molecule has 1 N–H and O–H groups in total. The highest BCUT2D eigenvalue weighted by molar-refractivity contribution is 6.30. The maximum absolute atomic E-state index is 13.3. The van der Waals surface area contributed by atoms with Crippen molar-refractivity contribution in [1.82, 2.24) is 0 Å². The molecule has 84 valence electrons. The summed E-state index contributed by atoms with van der Waals surface area (Å²) < 4.78 is 31.5. The summed E-state index contributed by atoms with van der Waals surface area (Å²) in [5.41, 5.74) is 0.116. The highest BCUT2D eigenvalue weighted by Crippen LogP contribution is 2.38. The second-order valence-corrected chi connectivity index (χ2v) is 3.60. The minimum absolute atomic E-state index is 0.0541. The van der Waals surface area contributed by atoms with Crippen molar-refractivity contribution in [3.05, 3.63) is 28.3 Å². The van der Waals surface area contributed by atoms with E-state index in [1.165, 1.54) is 13.2 Å². The summed E-state index contributed by atoms with van der Waals surface area (Å²) >= 11 is 5.67. The molecule has 0 fully saturated rings. The lowest BCUT2D eigenvalue weighted by Gasteiger charge is -2.18. The Bertz CT molecular complexity index is 367. The summed E-state index contributed by atoms with van der Waals surface area (Å²) in [5, 5.41) is 8.79. The van der Waals surface area contributed by atoms with Crippen LogP contribution in [0.5, 0.6) is 5.75 Å². The lowest BCUT2D eigenvalue weighted by molar-refractivity contribution is -0.0571. The van der Waals surface area contributed by atoms with E-state index >= 15 is 0 Å². The van der Waals surface area contributed by atoms with E-state index in [2.05, 4.69) is 0 Å². The van der Waals surface area contributed by atoms with Gasteiger partial charge in [0.05, 0.1) is 12.7 Å². The zero-order valence-corrected chi connectivity index (χ0v) is 9.11. The van der Waals surface area contributed by atoms with Gasteiger partial charge in [-0.1, -0.05) is 11.6 Å². The summed E-state index contributed by atoms with van der Waals surface area (Å²) in [6.45, 7) is 0.338. The summed E-state index contributed by atoms with van der Waals surface area (Å²) in [5.74, 6) is -3.29. The van der Waals surface area contributed by atoms with Gasteiger partial charge in [0.25, 0.3) is 5.92 Å². The van der Waals surface area contributed by atoms with Crippen molar-refractivity contribution in [2.24, 2.45) is 0 Å². The fourth-order valence-corrected chi connectivity index (χ4v) is 1.63. The number of hydrogen-bond acceptors (Lipinski definition) is 2. The molecule has 15 heavy (non-hydrogen) atoms. The summed E-state index contributed by atoms with van der Waals surface area (Å²) in [6, 6.07) is 2.63. The van der Waals surface area contributed by atoms with Crippen molar-refractivity contribution in [3.63, 3.8) is 0 Å². The molecule has 2 nitrogen and oxygen atoms in total. The molecule has 5 heteroatoms. The molecule has 0 bridgehead atoms. The van der Waals surface area contributed by atoms with Crippen molar-refractivity contribution >= 4 is 11.6 Å². The Hall–Kier alpha value is -0.870. The van der Waals surface area contributed by atoms with Crippen molar-refractivity contribution < 1.29 is 18.6 Å². The molecule has 0 radical (unpaired) electrons. The number of methoxy groups -OCH3 is 1. The van der Waals surface area contributed by atoms with Crippen LogP contribution < -0.4 is 4.74 Å². The van der Waals surface area contributed by atoms with Gasteiger partial charge in [-0.05, 0) is 24.6 Å². The number of rotatable bonds is 3. The van der Waals surface area contributed by atoms with E-state index in [1.807, 2.05) is 0 Å². The lowest BCUT2D eigenvalue weighted by Crippen LogP contribution is -2.19. The number of benzene rings is 1. The van der Waals surface area contributed by atoms with Crippen LogP contribution in [0, 0.1) is 6.92 Å². The summed E-state index contributed by atoms with van der Waals surface area (Å²) in [6.07, 6.45) is 0. The molecule has 0 aliphatic carbocycles. The van der Waals surface area contributed by atoms with Crippen LogP contribution in [0.1, 0.15) is 11.1 Å². The Morgan fingerprint density at radius 2 is 2.07 bits per heavy atom. The molecule has 0 aromatic heterocycles. The maximum Gasteiger partial charge on any atom is 0.299 e. The first-order chi connectivity index (χ1) is 6.92. The number of aryl methyl sites for hydroxylation is 1. The van der Waals surface area contributed by atoms with Gasteiger partial charge in [-0.2, -0.15) is 8.78 Å². The molecule has 1 aromatic rings. The van der Waals surface area contributed by atoms with Crippen molar-refractivity contribution in [1.29, 1.82) is 0 Å². The first-order valence-electron chi connectivity index (χ1n) is 4.25. The molecule has 0 spiro atoms. The third-order valence-corrected chi connectivity index (χ3v) is 2.25. The van der Waals surface area contributed by atoms with Crippen LogP contribution >= 0.6 is 11.6 Å². The normalized spacial score (nSPS) is 11.6. The van der Waals surface area contributed by atoms with Gasteiger partial charge in [-0.15, -0.1) is 0 Å². The molecule has 1 rings (SSSR count). The van der Waals surface area contributed by atoms with E-state index in [0.717, 1.165) is 6.07 Å². The highest BCUT2D eigenvalue weighted by Gasteiger charge is 2.34. The number of alkyl halides is 2. The van der Waals surface area contributed by atoms with E-state index in [0.29, 0.717) is 5.56 Å². The van der Waals surface area contributed by atoms with Gasteiger partial charge in [0.15, 0.2) is 0 Å². The van der Waals surface area contributed by atoms with Crippen LogP contribution in [0.4, 0.5) is 8.78 Å². The quantitative estimate of drug-likeness (QED) is 0.875. The molecule has 1 aromatic carbocycles. The highest BCUT2D eigenvalue weighted by atomic mass is 35.5. The Balaban J connectivity index is 3.39. The predicted octanol–water partition coefficient (Wildman–Crippen LogP) is 2.74. The molecular weight excluding hydrogens is 226 g/mol. The standard InChI is InChI=1S/C10H11ClF2O2/c1-6-3-7(11)4-8(9(6)15-2)10(12,13)5-14/h3-4,14H,5H2,1-2H3. The monoisotopic (exact) mass is 236 g/mol. The molecule has 0 heterocycles. The number of halogens is 3. The third-order valence-electron chi connectivity index (χ3n) is 2.04. The molecule has 0 aliphatic rings. The van der Waals surface area contributed by atoms with Crippen LogP contribution in [0.2, 0.25) is 5.02 Å². The fraction of sp³-hybridized carbons (Fsp3) is 0.400. The number of ether oxygens (including phenoxy) is 1. The first kappa shape index (κ1) is 12.2. The van der Waals surface area contributed by atoms with Crippen molar-refractivity contribution in [3.8, 4) is 5.75 Å². The van der Waals surface area contributed by atoms with Crippen LogP contribution in [-0.2, 0) is 5.92 Å². The minimum atomic E-state index is -3.35. The summed E-state index contributed by atoms with van der Waals surface area (Å²) in [7, 11) is 1.30. The molecule has 0 saturated carbocycles. The van der Waals surface area contributed by atoms with Crippen LogP contribution in [0.25, 0.3) is 0 Å². The Kier molecular flexibility index (Phi) is 3.52. The van der Waals surface area contributed by atoms with Crippen molar-refractivity contribution in [2.75, 3.05) is 13.7 Å². The average molecular weight is 237 g/mol. The van der Waals surface area contributed by atoms with Gasteiger partial charge < -0.3 is 9.84 Å². The first-order valence-corrected chi connectivity index (χ1v) is 4.63. The van der Waals surface area contributed by atoms with E-state index in [-0.39, 0.29) is 10.8 Å². The van der Waals surface area contributed by atoms with E-state index in [4.69, 9.17) is 21.4 Å². The van der Waals surface area contributed by atoms with E-state index in [9.17, 15) is 8.78 Å². The lowest BCUT2D eigenvalue weighted by atomic mass is 10.0. The molecule has 0 unspecified atom stereocenters. The maximum atomic E-state index is 13.3. The van der Waals surface area contributed by atoms with E-state index < -0.39 is 18.1 Å². The fourth-order valence-electron chi connectivity index (χ4n) is 1.36. The predicted molar refractivity (Wildman–Crippen MR) is 53.7 cm³/mol. The average Bonchev–Trinajstić information content (AvgIpc) is 2.16. The van der Waals surface area contributed by atoms with Gasteiger partial charge in [0.2, 0.25) is 0 Å². The second-order valence-electron chi connectivity index (χ2n) is 3.17. The zero-order chi connectivity index (χ0) is 11.6. The van der Waals surface area contributed by atoms with Crippen LogP contribution in [-0.4, -0.2) is 18.8 Å². The van der Waals surface area contributed by atoms with Gasteiger partial charge in [0.1, 0.15) is 12.4 Å². The van der Waals surface area contributed by atoms with Crippen molar-refractivity contribution in [2.45, 2.75) is 12.8 Å². The number of hydrogen-bond donors (Lipinski definition) is 1. The molecule has 0 amide bonds. The topological polar surface area (TPSA) is 29.5 Å². The van der Waals surface area contributed by atoms with Crippen LogP contribution in [0.15, 0.2) is 12.1 Å². The molecule has 0 atom stereocenters. The summed E-state index contributed by atoms with van der Waals surface area (Å²) in [4.78, 5) is 0. The number of aliphatic hydroxyl groups is 1. The van der Waals surface area contributed by atoms with E-state index in [1.54, 1.807) is 6.92 Å². The largest absolute Gasteiger partial charge is 0.496 e. The molecule has 0 saturated heterocycles. The Labute approximate surface area is 91.4 Å². The van der Waals surface area contributed by atoms with Gasteiger partial charge in [-0.25, -0.2) is 0 Å². The zero-order valence-electron chi connectivity index (χ0n) is 8.35. The SMILES string of the molecule is COc1c(C)cc(Cl)cc1C(F)(F)CO. The molecular formula is C10H11ClF2O2. The van der Waals surface area contributed by atoms with Gasteiger partial charge >= 0.3 is 0 Å². The smallest absolute Gasteiger partial charge is 0.299 e. The second kappa shape index (κ2) is 4.33.